The van der Waals surface area contributed by atoms with Crippen LogP contribution in [0.1, 0.15) is 22.8 Å². The van der Waals surface area contributed by atoms with Gasteiger partial charge in [0.15, 0.2) is 0 Å². The number of ether oxygens (including phenoxy) is 1. The van der Waals surface area contributed by atoms with E-state index in [2.05, 4.69) is 0 Å². The molecule has 1 aliphatic heterocycles. The highest BCUT2D eigenvalue weighted by Gasteiger charge is 2.30. The fourth-order valence-corrected chi connectivity index (χ4v) is 2.41. The Bertz CT molecular complexity index is 460. The van der Waals surface area contributed by atoms with Gasteiger partial charge in [0, 0.05) is 12.1 Å². The molecule has 1 aromatic rings. The number of halogens is 2. The lowest BCUT2D eigenvalue weighted by Gasteiger charge is -2.37. The zero-order valence-electron chi connectivity index (χ0n) is 11.0. The summed E-state index contributed by atoms with van der Waals surface area (Å²) in [6.07, 6.45) is -0.156. The van der Waals surface area contributed by atoms with Crippen molar-refractivity contribution in [3.8, 4) is 0 Å². The second-order valence-corrected chi connectivity index (χ2v) is 5.24. The third kappa shape index (κ3) is 3.25. The summed E-state index contributed by atoms with van der Waals surface area (Å²) in [5, 5.41) is 0. The molecule has 1 aliphatic rings. The number of carbonyl (C=O) groups excluding carboxylic acids is 1. The molecule has 19 heavy (non-hydrogen) atoms. The average Bonchev–Trinajstić information content (AvgIpc) is 2.37. The van der Waals surface area contributed by atoms with Crippen molar-refractivity contribution in [1.29, 1.82) is 0 Å². The number of hydrogen-bond donors (Lipinski definition) is 0. The second-order valence-electron chi connectivity index (χ2n) is 4.93. The van der Waals surface area contributed by atoms with Gasteiger partial charge in [-0.25, -0.2) is 4.39 Å². The van der Waals surface area contributed by atoms with E-state index in [-0.39, 0.29) is 18.1 Å². The molecule has 0 aromatic heterocycles. The SMILES string of the molecule is Cc1cc(F)cc(C(=O)N2CC(CCl)OCC2C)c1. The first kappa shape index (κ1) is 14.3. The van der Waals surface area contributed by atoms with Crippen LogP contribution in [0.15, 0.2) is 18.2 Å². The van der Waals surface area contributed by atoms with E-state index in [0.717, 1.165) is 5.56 Å². The van der Waals surface area contributed by atoms with Gasteiger partial charge in [0.1, 0.15) is 5.82 Å². The molecule has 1 amide bonds. The van der Waals surface area contributed by atoms with Gasteiger partial charge in [-0.1, -0.05) is 0 Å². The predicted molar refractivity (Wildman–Crippen MR) is 72.1 cm³/mol. The summed E-state index contributed by atoms with van der Waals surface area (Å²) in [5.74, 6) is -0.217. The van der Waals surface area contributed by atoms with Gasteiger partial charge in [-0.15, -0.1) is 11.6 Å². The summed E-state index contributed by atoms with van der Waals surface area (Å²) in [5.41, 5.74) is 1.11. The van der Waals surface area contributed by atoms with Gasteiger partial charge in [-0.05, 0) is 37.6 Å². The van der Waals surface area contributed by atoms with E-state index in [9.17, 15) is 9.18 Å². The van der Waals surface area contributed by atoms with E-state index in [0.29, 0.717) is 24.6 Å². The van der Waals surface area contributed by atoms with E-state index in [1.54, 1.807) is 17.9 Å². The Morgan fingerprint density at radius 3 is 2.89 bits per heavy atom. The quantitative estimate of drug-likeness (QED) is 0.782. The van der Waals surface area contributed by atoms with E-state index < -0.39 is 5.82 Å². The number of carbonyl (C=O) groups is 1. The number of amides is 1. The lowest BCUT2D eigenvalue weighted by atomic mass is 10.1. The van der Waals surface area contributed by atoms with Gasteiger partial charge >= 0.3 is 0 Å². The fourth-order valence-electron chi connectivity index (χ4n) is 2.22. The molecular formula is C14H17ClFNO2. The molecule has 0 saturated carbocycles. The Balaban J connectivity index is 2.21. The maximum absolute atomic E-state index is 13.4. The van der Waals surface area contributed by atoms with Gasteiger partial charge in [-0.3, -0.25) is 4.79 Å². The Kier molecular flexibility index (Phi) is 4.42. The predicted octanol–water partition coefficient (Wildman–Crippen LogP) is 2.60. The van der Waals surface area contributed by atoms with E-state index in [1.807, 2.05) is 6.92 Å². The van der Waals surface area contributed by atoms with Crippen LogP contribution in [0.5, 0.6) is 0 Å². The van der Waals surface area contributed by atoms with Gasteiger partial charge in [0.05, 0.1) is 24.6 Å². The monoisotopic (exact) mass is 285 g/mol. The third-order valence-corrected chi connectivity index (χ3v) is 3.57. The zero-order chi connectivity index (χ0) is 14.0. The minimum Gasteiger partial charge on any atom is -0.373 e. The fraction of sp³-hybridized carbons (Fsp3) is 0.500. The molecule has 2 rings (SSSR count). The first-order chi connectivity index (χ1) is 9.01. The van der Waals surface area contributed by atoms with Crippen LogP contribution in [0.4, 0.5) is 4.39 Å². The highest BCUT2D eigenvalue weighted by atomic mass is 35.5. The number of morpholine rings is 1. The molecule has 2 atom stereocenters. The molecule has 2 unspecified atom stereocenters. The summed E-state index contributed by atoms with van der Waals surface area (Å²) in [4.78, 5) is 14.1. The minimum atomic E-state index is -0.391. The van der Waals surface area contributed by atoms with Crippen molar-refractivity contribution >= 4 is 17.5 Å². The Morgan fingerprint density at radius 1 is 1.53 bits per heavy atom. The molecule has 0 radical (unpaired) electrons. The number of alkyl halides is 1. The summed E-state index contributed by atoms with van der Waals surface area (Å²) in [6.45, 7) is 4.58. The van der Waals surface area contributed by atoms with E-state index in [1.165, 1.54) is 12.1 Å². The average molecular weight is 286 g/mol. The topological polar surface area (TPSA) is 29.5 Å². The Labute approximate surface area is 117 Å². The number of benzene rings is 1. The third-order valence-electron chi connectivity index (χ3n) is 3.23. The molecule has 1 aromatic carbocycles. The number of rotatable bonds is 2. The maximum atomic E-state index is 13.4. The highest BCUT2D eigenvalue weighted by Crippen LogP contribution is 2.18. The van der Waals surface area contributed by atoms with Crippen molar-refractivity contribution in [2.75, 3.05) is 19.0 Å². The van der Waals surface area contributed by atoms with Crippen molar-refractivity contribution in [2.24, 2.45) is 0 Å². The summed E-state index contributed by atoms with van der Waals surface area (Å²) >= 11 is 5.77. The van der Waals surface area contributed by atoms with Crippen LogP contribution >= 0.6 is 11.6 Å². The lowest BCUT2D eigenvalue weighted by Crippen LogP contribution is -2.51. The van der Waals surface area contributed by atoms with Crippen molar-refractivity contribution in [3.63, 3.8) is 0 Å². The molecule has 5 heteroatoms. The number of hydrogen-bond acceptors (Lipinski definition) is 2. The molecular weight excluding hydrogens is 269 g/mol. The molecule has 3 nitrogen and oxygen atoms in total. The van der Waals surface area contributed by atoms with Crippen LogP contribution in [0, 0.1) is 12.7 Å². The Hall–Kier alpha value is -1.13. The van der Waals surface area contributed by atoms with Crippen LogP contribution in [0.3, 0.4) is 0 Å². The maximum Gasteiger partial charge on any atom is 0.254 e. The normalized spacial score (nSPS) is 23.5. The molecule has 0 spiro atoms. The second kappa shape index (κ2) is 5.88. The van der Waals surface area contributed by atoms with Gasteiger partial charge in [-0.2, -0.15) is 0 Å². The summed E-state index contributed by atoms with van der Waals surface area (Å²) < 4.78 is 18.9. The standard InChI is InChI=1S/C14H17ClFNO2/c1-9-3-11(5-12(16)4-9)14(18)17-7-13(6-15)19-8-10(17)2/h3-5,10,13H,6-8H2,1-2H3. The van der Waals surface area contributed by atoms with E-state index in [4.69, 9.17) is 16.3 Å². The first-order valence-electron chi connectivity index (χ1n) is 6.27. The van der Waals surface area contributed by atoms with Crippen LogP contribution < -0.4 is 0 Å². The molecule has 0 bridgehead atoms. The Morgan fingerprint density at radius 2 is 2.26 bits per heavy atom. The van der Waals surface area contributed by atoms with Gasteiger partial charge in [0.2, 0.25) is 0 Å². The molecule has 104 valence electrons. The number of nitrogens with zero attached hydrogens (tertiary/aromatic N) is 1. The van der Waals surface area contributed by atoms with Crippen molar-refractivity contribution in [2.45, 2.75) is 26.0 Å². The zero-order valence-corrected chi connectivity index (χ0v) is 11.8. The minimum absolute atomic E-state index is 0.0319. The van der Waals surface area contributed by atoms with Crippen molar-refractivity contribution in [1.82, 2.24) is 4.90 Å². The van der Waals surface area contributed by atoms with Crippen molar-refractivity contribution in [3.05, 3.63) is 35.1 Å². The molecule has 1 heterocycles. The summed E-state index contributed by atoms with van der Waals surface area (Å²) in [6, 6.07) is 4.34. The molecule has 0 aliphatic carbocycles. The first-order valence-corrected chi connectivity index (χ1v) is 6.80. The number of aryl methyl sites for hydroxylation is 1. The molecule has 1 fully saturated rings. The molecule has 1 saturated heterocycles. The van der Waals surface area contributed by atoms with Crippen LogP contribution in [0.25, 0.3) is 0 Å². The van der Waals surface area contributed by atoms with Crippen LogP contribution in [-0.4, -0.2) is 42.0 Å². The van der Waals surface area contributed by atoms with E-state index >= 15 is 0 Å². The smallest absolute Gasteiger partial charge is 0.254 e. The highest BCUT2D eigenvalue weighted by molar-refractivity contribution is 6.18. The lowest BCUT2D eigenvalue weighted by molar-refractivity contribution is -0.0371. The van der Waals surface area contributed by atoms with Crippen LogP contribution in [0.2, 0.25) is 0 Å². The van der Waals surface area contributed by atoms with Crippen LogP contribution in [-0.2, 0) is 4.74 Å². The summed E-state index contributed by atoms with van der Waals surface area (Å²) in [7, 11) is 0. The largest absolute Gasteiger partial charge is 0.373 e. The van der Waals surface area contributed by atoms with Gasteiger partial charge in [0.25, 0.3) is 5.91 Å². The van der Waals surface area contributed by atoms with Gasteiger partial charge < -0.3 is 9.64 Å². The molecule has 0 N–H and O–H groups in total. The van der Waals surface area contributed by atoms with Crippen molar-refractivity contribution < 1.29 is 13.9 Å².